The van der Waals surface area contributed by atoms with Gasteiger partial charge in [0.25, 0.3) is 0 Å². The summed E-state index contributed by atoms with van der Waals surface area (Å²) in [7, 11) is -3.73. The van der Waals surface area contributed by atoms with E-state index in [4.69, 9.17) is 4.74 Å². The molecule has 0 atom stereocenters. The van der Waals surface area contributed by atoms with Crippen molar-refractivity contribution >= 4 is 43.6 Å². The van der Waals surface area contributed by atoms with E-state index in [9.17, 15) is 8.42 Å². The van der Waals surface area contributed by atoms with Crippen LogP contribution >= 0.6 is 11.7 Å². The Morgan fingerprint density at radius 3 is 2.59 bits per heavy atom. The fourth-order valence-electron chi connectivity index (χ4n) is 4.49. The molecule has 1 aliphatic rings. The Labute approximate surface area is 192 Å². The molecule has 0 amide bonds. The second kappa shape index (κ2) is 9.13. The first kappa shape index (κ1) is 21.3. The third kappa shape index (κ3) is 4.22. The lowest BCUT2D eigenvalue weighted by Gasteiger charge is -2.33. The predicted octanol–water partition coefficient (Wildman–Crippen LogP) is 5.25. The van der Waals surface area contributed by atoms with Crippen LogP contribution in [0.4, 0.5) is 0 Å². The molecule has 0 saturated heterocycles. The molecule has 4 aromatic rings. The minimum absolute atomic E-state index is 0.0178. The van der Waals surface area contributed by atoms with Crippen LogP contribution in [-0.4, -0.2) is 40.7 Å². The largest absolute Gasteiger partial charge is 0.492 e. The third-order valence-corrected chi connectivity index (χ3v) is 8.64. The molecule has 1 fully saturated rings. The van der Waals surface area contributed by atoms with Crippen LogP contribution in [0.3, 0.4) is 0 Å². The number of rotatable bonds is 7. The van der Waals surface area contributed by atoms with Gasteiger partial charge < -0.3 is 4.74 Å². The number of sulfonamides is 1. The first-order chi connectivity index (χ1) is 15.6. The number of benzene rings is 3. The highest BCUT2D eigenvalue weighted by Crippen LogP contribution is 2.31. The van der Waals surface area contributed by atoms with Crippen molar-refractivity contribution in [3.05, 3.63) is 60.7 Å². The van der Waals surface area contributed by atoms with Crippen LogP contribution < -0.4 is 4.74 Å². The normalized spacial score (nSPS) is 15.5. The molecule has 32 heavy (non-hydrogen) atoms. The number of ether oxygens (including phenoxy) is 1. The summed E-state index contributed by atoms with van der Waals surface area (Å²) in [5.41, 5.74) is 1.07. The molecule has 1 aliphatic carbocycles. The number of hydrogen-bond donors (Lipinski definition) is 0. The monoisotopic (exact) mass is 467 g/mol. The van der Waals surface area contributed by atoms with Crippen LogP contribution in [0.2, 0.25) is 0 Å². The molecule has 166 valence electrons. The van der Waals surface area contributed by atoms with Crippen LogP contribution in [0.15, 0.2) is 65.6 Å². The van der Waals surface area contributed by atoms with E-state index in [1.165, 1.54) is 0 Å². The SMILES string of the molecule is O=S(=O)(c1cccc2nsnc12)N(CCOc1ccc2ccccc2c1)C1CCCCC1. The lowest BCUT2D eigenvalue weighted by atomic mass is 9.95. The molecule has 1 saturated carbocycles. The second-order valence-electron chi connectivity index (χ2n) is 8.15. The summed E-state index contributed by atoms with van der Waals surface area (Å²) in [6, 6.07) is 19.2. The second-order valence-corrected chi connectivity index (χ2v) is 10.5. The maximum atomic E-state index is 13.8. The highest BCUT2D eigenvalue weighted by molar-refractivity contribution is 7.89. The van der Waals surface area contributed by atoms with E-state index < -0.39 is 10.0 Å². The maximum Gasteiger partial charge on any atom is 0.245 e. The van der Waals surface area contributed by atoms with E-state index in [0.717, 1.165) is 60.4 Å². The fourth-order valence-corrected chi connectivity index (χ4v) is 6.92. The summed E-state index contributed by atoms with van der Waals surface area (Å²) in [5, 5.41) is 2.25. The standard InChI is InChI=1S/C24H25N3O3S2/c28-32(29,23-12-6-11-22-24(23)26-31-25-22)27(20-9-2-1-3-10-20)15-16-30-21-14-13-18-7-4-5-8-19(18)17-21/h4-8,11-14,17,20H,1-3,9-10,15-16H2. The number of aromatic nitrogens is 2. The molecule has 5 rings (SSSR count). The van der Waals surface area contributed by atoms with Crippen LogP contribution in [0.1, 0.15) is 32.1 Å². The average Bonchev–Trinajstić information content (AvgIpc) is 3.31. The number of fused-ring (bicyclic) bond motifs is 2. The molecule has 6 nitrogen and oxygen atoms in total. The molecule has 3 aromatic carbocycles. The number of hydrogen-bond acceptors (Lipinski definition) is 6. The zero-order valence-corrected chi connectivity index (χ0v) is 19.3. The van der Waals surface area contributed by atoms with Gasteiger partial charge in [-0.3, -0.25) is 0 Å². The van der Waals surface area contributed by atoms with Crippen LogP contribution in [0.25, 0.3) is 21.8 Å². The zero-order chi connectivity index (χ0) is 22.0. The summed E-state index contributed by atoms with van der Waals surface area (Å²) < 4.78 is 43.7. The Kier molecular flexibility index (Phi) is 6.08. The first-order valence-electron chi connectivity index (χ1n) is 11.0. The van der Waals surface area contributed by atoms with Crippen molar-refractivity contribution in [3.63, 3.8) is 0 Å². The van der Waals surface area contributed by atoms with Crippen molar-refractivity contribution in [3.8, 4) is 5.75 Å². The van der Waals surface area contributed by atoms with E-state index in [-0.39, 0.29) is 10.9 Å². The van der Waals surface area contributed by atoms with Crippen molar-refractivity contribution in [2.24, 2.45) is 0 Å². The Morgan fingerprint density at radius 2 is 1.75 bits per heavy atom. The van der Waals surface area contributed by atoms with Crippen molar-refractivity contribution in [1.29, 1.82) is 0 Å². The summed E-state index contributed by atoms with van der Waals surface area (Å²) in [6.45, 7) is 0.590. The molecule has 1 heterocycles. The Hall–Kier alpha value is -2.55. The van der Waals surface area contributed by atoms with Gasteiger partial charge in [0.1, 0.15) is 28.3 Å². The van der Waals surface area contributed by atoms with Crippen LogP contribution in [-0.2, 0) is 10.0 Å². The average molecular weight is 468 g/mol. The van der Waals surface area contributed by atoms with Gasteiger partial charge in [0.05, 0.1) is 11.7 Å². The van der Waals surface area contributed by atoms with Gasteiger partial charge in [-0.15, -0.1) is 0 Å². The lowest BCUT2D eigenvalue weighted by molar-refractivity contribution is 0.210. The van der Waals surface area contributed by atoms with E-state index in [1.807, 2.05) is 36.4 Å². The molecule has 0 N–H and O–H groups in total. The maximum absolute atomic E-state index is 13.8. The van der Waals surface area contributed by atoms with Gasteiger partial charge in [-0.05, 0) is 47.9 Å². The van der Waals surface area contributed by atoms with Crippen LogP contribution in [0, 0.1) is 0 Å². The molecule has 8 heteroatoms. The highest BCUT2D eigenvalue weighted by atomic mass is 32.2. The Balaban J connectivity index is 1.39. The van der Waals surface area contributed by atoms with Crippen molar-refractivity contribution < 1.29 is 13.2 Å². The smallest absolute Gasteiger partial charge is 0.245 e. The summed E-state index contributed by atoms with van der Waals surface area (Å²) in [6.07, 6.45) is 5.00. The molecular weight excluding hydrogens is 442 g/mol. The summed E-state index contributed by atoms with van der Waals surface area (Å²) in [4.78, 5) is 0.236. The Morgan fingerprint density at radius 1 is 0.938 bits per heavy atom. The van der Waals surface area contributed by atoms with Gasteiger partial charge in [-0.25, -0.2) is 8.42 Å². The lowest BCUT2D eigenvalue weighted by Crippen LogP contribution is -2.43. The molecular formula is C24H25N3O3S2. The van der Waals surface area contributed by atoms with Gasteiger partial charge in [0, 0.05) is 12.6 Å². The van der Waals surface area contributed by atoms with Gasteiger partial charge in [-0.2, -0.15) is 13.1 Å². The molecule has 0 unspecified atom stereocenters. The van der Waals surface area contributed by atoms with Crippen molar-refractivity contribution in [2.45, 2.75) is 43.0 Å². The fraction of sp³-hybridized carbons (Fsp3) is 0.333. The summed E-state index contributed by atoms with van der Waals surface area (Å²) in [5.74, 6) is 0.746. The van der Waals surface area contributed by atoms with Gasteiger partial charge in [0.2, 0.25) is 10.0 Å². The van der Waals surface area contributed by atoms with Gasteiger partial charge >= 0.3 is 0 Å². The van der Waals surface area contributed by atoms with Gasteiger partial charge in [-0.1, -0.05) is 55.7 Å². The van der Waals surface area contributed by atoms with E-state index in [1.54, 1.807) is 22.5 Å². The van der Waals surface area contributed by atoms with E-state index in [0.29, 0.717) is 24.2 Å². The predicted molar refractivity (Wildman–Crippen MR) is 128 cm³/mol. The van der Waals surface area contributed by atoms with Crippen LogP contribution in [0.5, 0.6) is 5.75 Å². The minimum atomic E-state index is -3.73. The topological polar surface area (TPSA) is 72.4 Å². The van der Waals surface area contributed by atoms with E-state index >= 15 is 0 Å². The minimum Gasteiger partial charge on any atom is -0.492 e. The molecule has 0 aliphatic heterocycles. The van der Waals surface area contributed by atoms with E-state index in [2.05, 4.69) is 14.8 Å². The number of nitrogens with zero attached hydrogens (tertiary/aromatic N) is 3. The van der Waals surface area contributed by atoms with Crippen molar-refractivity contribution in [2.75, 3.05) is 13.2 Å². The molecule has 0 spiro atoms. The van der Waals surface area contributed by atoms with Crippen molar-refractivity contribution in [1.82, 2.24) is 13.1 Å². The Bertz CT molecular complexity index is 1330. The first-order valence-corrected chi connectivity index (χ1v) is 13.1. The molecule has 1 aromatic heterocycles. The quantitative estimate of drug-likeness (QED) is 0.371. The van der Waals surface area contributed by atoms with Gasteiger partial charge in [0.15, 0.2) is 0 Å². The third-order valence-electron chi connectivity index (χ3n) is 6.12. The molecule has 0 radical (unpaired) electrons. The zero-order valence-electron chi connectivity index (χ0n) is 17.7. The molecule has 0 bridgehead atoms. The highest BCUT2D eigenvalue weighted by Gasteiger charge is 2.34. The summed E-state index contributed by atoms with van der Waals surface area (Å²) >= 11 is 1.04.